The highest BCUT2D eigenvalue weighted by Crippen LogP contribution is 2.35. The Balaban J connectivity index is 1.99. The second kappa shape index (κ2) is 3.95. The molecular formula is C10H20N2O. The molecule has 2 N–H and O–H groups in total. The van der Waals surface area contributed by atoms with Gasteiger partial charge >= 0.3 is 0 Å². The quantitative estimate of drug-likeness (QED) is 0.671. The van der Waals surface area contributed by atoms with Crippen LogP contribution in [0.3, 0.4) is 0 Å². The topological polar surface area (TPSA) is 38.5 Å². The first-order chi connectivity index (χ1) is 6.33. The second-order valence-corrected chi connectivity index (χ2v) is 4.37. The van der Waals surface area contributed by atoms with Gasteiger partial charge in [0.05, 0.1) is 6.61 Å². The molecular weight excluding hydrogens is 164 g/mol. The average Bonchev–Trinajstić information content (AvgIpc) is 2.46. The summed E-state index contributed by atoms with van der Waals surface area (Å²) in [7, 11) is 2.21. The minimum absolute atomic E-state index is 0.672. The van der Waals surface area contributed by atoms with E-state index in [0.717, 1.165) is 31.6 Å². The van der Waals surface area contributed by atoms with Crippen molar-refractivity contribution in [2.75, 3.05) is 33.4 Å². The van der Waals surface area contributed by atoms with Crippen molar-refractivity contribution in [2.45, 2.75) is 18.9 Å². The van der Waals surface area contributed by atoms with Crippen LogP contribution in [0.15, 0.2) is 0 Å². The first-order valence-corrected chi connectivity index (χ1v) is 5.31. The molecule has 2 fully saturated rings. The fourth-order valence-electron chi connectivity index (χ4n) is 2.90. The number of hydrogen-bond donors (Lipinski definition) is 1. The lowest BCUT2D eigenvalue weighted by atomic mass is 9.85. The summed E-state index contributed by atoms with van der Waals surface area (Å²) >= 11 is 0. The lowest BCUT2D eigenvalue weighted by Crippen LogP contribution is -2.38. The third-order valence-corrected chi connectivity index (χ3v) is 3.61. The van der Waals surface area contributed by atoms with Crippen molar-refractivity contribution in [1.82, 2.24) is 4.90 Å². The molecule has 0 amide bonds. The highest BCUT2D eigenvalue weighted by molar-refractivity contribution is 4.93. The van der Waals surface area contributed by atoms with Crippen LogP contribution in [-0.4, -0.2) is 44.3 Å². The minimum atomic E-state index is 0.672. The van der Waals surface area contributed by atoms with Gasteiger partial charge in [0.2, 0.25) is 0 Å². The highest BCUT2D eigenvalue weighted by atomic mass is 16.5. The molecule has 0 aromatic rings. The maximum absolute atomic E-state index is 5.63. The first-order valence-electron chi connectivity index (χ1n) is 5.31. The van der Waals surface area contributed by atoms with E-state index in [2.05, 4.69) is 11.9 Å². The van der Waals surface area contributed by atoms with Gasteiger partial charge in [0.15, 0.2) is 0 Å². The molecule has 2 aliphatic rings. The zero-order valence-corrected chi connectivity index (χ0v) is 8.41. The van der Waals surface area contributed by atoms with E-state index >= 15 is 0 Å². The van der Waals surface area contributed by atoms with Crippen LogP contribution in [-0.2, 0) is 4.74 Å². The number of likely N-dealkylation sites (tertiary alicyclic amines) is 1. The molecule has 2 rings (SSSR count). The molecule has 2 aliphatic heterocycles. The third kappa shape index (κ3) is 1.73. The van der Waals surface area contributed by atoms with E-state index < -0.39 is 0 Å². The molecule has 3 heteroatoms. The molecule has 0 aromatic heterocycles. The number of likely N-dealkylation sites (N-methyl/N-ethyl adjacent to an activating group) is 1. The molecule has 0 aromatic carbocycles. The molecule has 0 saturated carbocycles. The van der Waals surface area contributed by atoms with Gasteiger partial charge in [-0.1, -0.05) is 0 Å². The molecule has 13 heavy (non-hydrogen) atoms. The van der Waals surface area contributed by atoms with Crippen molar-refractivity contribution < 1.29 is 4.74 Å². The van der Waals surface area contributed by atoms with Crippen LogP contribution >= 0.6 is 0 Å². The Morgan fingerprint density at radius 2 is 2.38 bits per heavy atom. The number of nitrogens with two attached hydrogens (primary N) is 1. The number of hydrogen-bond acceptors (Lipinski definition) is 3. The summed E-state index contributed by atoms with van der Waals surface area (Å²) < 4.78 is 5.51. The van der Waals surface area contributed by atoms with Crippen molar-refractivity contribution in [3.05, 3.63) is 0 Å². The van der Waals surface area contributed by atoms with Gasteiger partial charge in [-0.15, -0.1) is 0 Å². The Morgan fingerprint density at radius 3 is 3.15 bits per heavy atom. The molecule has 3 nitrogen and oxygen atoms in total. The Hall–Kier alpha value is -0.120. The Kier molecular flexibility index (Phi) is 2.86. The van der Waals surface area contributed by atoms with Crippen LogP contribution in [0, 0.1) is 11.8 Å². The van der Waals surface area contributed by atoms with Crippen molar-refractivity contribution in [1.29, 1.82) is 0 Å². The van der Waals surface area contributed by atoms with Gasteiger partial charge in [0.1, 0.15) is 0 Å². The van der Waals surface area contributed by atoms with E-state index in [9.17, 15) is 0 Å². The summed E-state index contributed by atoms with van der Waals surface area (Å²) in [6, 6.07) is 0.672. The fraction of sp³-hybridized carbons (Fsp3) is 1.00. The minimum Gasteiger partial charge on any atom is -0.380 e. The molecule has 2 saturated heterocycles. The van der Waals surface area contributed by atoms with Crippen LogP contribution in [0.1, 0.15) is 12.8 Å². The van der Waals surface area contributed by atoms with Crippen LogP contribution in [0.2, 0.25) is 0 Å². The number of fused-ring (bicyclic) bond motifs is 1. The van der Waals surface area contributed by atoms with E-state index in [4.69, 9.17) is 10.5 Å². The highest BCUT2D eigenvalue weighted by Gasteiger charge is 2.40. The molecule has 0 aliphatic carbocycles. The van der Waals surface area contributed by atoms with Crippen molar-refractivity contribution in [3.63, 3.8) is 0 Å². The fourth-order valence-corrected chi connectivity index (χ4v) is 2.90. The van der Waals surface area contributed by atoms with Gasteiger partial charge in [0, 0.05) is 19.2 Å². The van der Waals surface area contributed by atoms with Gasteiger partial charge < -0.3 is 15.4 Å². The summed E-state index contributed by atoms with van der Waals surface area (Å²) in [4.78, 5) is 2.45. The Labute approximate surface area is 80.2 Å². The summed E-state index contributed by atoms with van der Waals surface area (Å²) in [5.41, 5.74) is 5.63. The maximum atomic E-state index is 5.63. The number of rotatable bonds is 2. The standard InChI is InChI=1S/C10H20N2O/c1-12-6-8(2-4-11)9-3-5-13-7-10(9)12/h8-10H,2-7,11H2,1H3. The van der Waals surface area contributed by atoms with Crippen LogP contribution in [0.4, 0.5) is 0 Å². The molecule has 0 bridgehead atoms. The van der Waals surface area contributed by atoms with E-state index in [1.807, 2.05) is 0 Å². The monoisotopic (exact) mass is 184 g/mol. The van der Waals surface area contributed by atoms with E-state index in [1.54, 1.807) is 0 Å². The third-order valence-electron chi connectivity index (χ3n) is 3.61. The van der Waals surface area contributed by atoms with E-state index in [-0.39, 0.29) is 0 Å². The van der Waals surface area contributed by atoms with Gasteiger partial charge in [-0.3, -0.25) is 0 Å². The lowest BCUT2D eigenvalue weighted by molar-refractivity contribution is 0.0174. The van der Waals surface area contributed by atoms with Crippen molar-refractivity contribution in [3.8, 4) is 0 Å². The van der Waals surface area contributed by atoms with Crippen LogP contribution < -0.4 is 5.73 Å². The van der Waals surface area contributed by atoms with Crippen LogP contribution in [0.5, 0.6) is 0 Å². The zero-order chi connectivity index (χ0) is 9.26. The van der Waals surface area contributed by atoms with Gasteiger partial charge in [-0.2, -0.15) is 0 Å². The Bertz CT molecular complexity index is 174. The van der Waals surface area contributed by atoms with Crippen LogP contribution in [0.25, 0.3) is 0 Å². The molecule has 3 unspecified atom stereocenters. The molecule has 2 heterocycles. The molecule has 0 radical (unpaired) electrons. The van der Waals surface area contributed by atoms with E-state index in [1.165, 1.54) is 19.4 Å². The lowest BCUT2D eigenvalue weighted by Gasteiger charge is -2.30. The summed E-state index contributed by atoms with van der Waals surface area (Å²) in [5, 5.41) is 0. The summed E-state index contributed by atoms with van der Waals surface area (Å²) in [5.74, 6) is 1.67. The van der Waals surface area contributed by atoms with E-state index in [0.29, 0.717) is 6.04 Å². The number of ether oxygens (including phenoxy) is 1. The first kappa shape index (κ1) is 9.44. The number of nitrogens with zero attached hydrogens (tertiary/aromatic N) is 1. The summed E-state index contributed by atoms with van der Waals surface area (Å²) in [6.07, 6.45) is 2.42. The smallest absolute Gasteiger partial charge is 0.0624 e. The maximum Gasteiger partial charge on any atom is 0.0624 e. The summed E-state index contributed by atoms with van der Waals surface area (Å²) in [6.45, 7) is 3.94. The SMILES string of the molecule is CN1CC(CCN)C2CCOCC21. The largest absolute Gasteiger partial charge is 0.380 e. The Morgan fingerprint density at radius 1 is 1.54 bits per heavy atom. The molecule has 3 atom stereocenters. The van der Waals surface area contributed by atoms with Gasteiger partial charge in [-0.25, -0.2) is 0 Å². The zero-order valence-electron chi connectivity index (χ0n) is 8.41. The predicted molar refractivity (Wildman–Crippen MR) is 52.5 cm³/mol. The van der Waals surface area contributed by atoms with Crippen molar-refractivity contribution >= 4 is 0 Å². The second-order valence-electron chi connectivity index (χ2n) is 4.37. The molecule has 76 valence electrons. The normalized spacial score (nSPS) is 40.6. The van der Waals surface area contributed by atoms with Gasteiger partial charge in [0.25, 0.3) is 0 Å². The van der Waals surface area contributed by atoms with Crippen molar-refractivity contribution in [2.24, 2.45) is 17.6 Å². The molecule has 0 spiro atoms. The predicted octanol–water partition coefficient (Wildman–Crippen LogP) is 0.302. The van der Waals surface area contributed by atoms with Gasteiger partial charge in [-0.05, 0) is 38.3 Å². The average molecular weight is 184 g/mol.